The van der Waals surface area contributed by atoms with E-state index in [0.29, 0.717) is 0 Å². The van der Waals surface area contributed by atoms with Gasteiger partial charge in [-0.05, 0) is 36.8 Å². The molecule has 1 heterocycles. The molecule has 0 fully saturated rings. The number of unbranched alkanes of at least 4 members (excludes halogenated alkanes) is 15. The number of nitrogens with zero attached hydrogens (tertiary/aromatic N) is 1. The molecule has 0 saturated heterocycles. The van der Waals surface area contributed by atoms with Crippen molar-refractivity contribution in [2.45, 2.75) is 116 Å². The zero-order valence-corrected chi connectivity index (χ0v) is 26.6. The van der Waals surface area contributed by atoms with Crippen molar-refractivity contribution in [3.63, 3.8) is 0 Å². The molecule has 42 heavy (non-hydrogen) atoms. The molecule has 0 aliphatic heterocycles. The number of halogens is 6. The van der Waals surface area contributed by atoms with E-state index >= 15 is 0 Å². The van der Waals surface area contributed by atoms with Crippen molar-refractivity contribution in [3.8, 4) is 5.75 Å². The van der Waals surface area contributed by atoms with Crippen LogP contribution in [0.5, 0.6) is 5.75 Å². The summed E-state index contributed by atoms with van der Waals surface area (Å²) in [7, 11) is -10.7. The number of aromatic nitrogens is 1. The van der Waals surface area contributed by atoms with Gasteiger partial charge in [-0.2, -0.15) is 4.57 Å². The minimum atomic E-state index is -10.7. The number of benzene rings is 2. The van der Waals surface area contributed by atoms with Gasteiger partial charge in [0.15, 0.2) is 6.54 Å². The van der Waals surface area contributed by atoms with E-state index in [-0.39, 0.29) is 0 Å². The molecule has 0 amide bonds. The molecule has 0 aliphatic rings. The second kappa shape index (κ2) is 17.4. The van der Waals surface area contributed by atoms with Crippen LogP contribution in [-0.2, 0) is 6.54 Å². The van der Waals surface area contributed by atoms with Gasteiger partial charge in [0.2, 0.25) is 11.0 Å². The Bertz CT molecular complexity index is 1120. The molecule has 10 heteroatoms. The summed E-state index contributed by atoms with van der Waals surface area (Å²) in [6.07, 6.45) is 22.4. The van der Waals surface area contributed by atoms with E-state index in [1.54, 1.807) is 11.3 Å². The van der Waals surface area contributed by atoms with Crippen LogP contribution < -0.4 is 9.30 Å². The van der Waals surface area contributed by atoms with Crippen molar-refractivity contribution < 1.29 is 34.5 Å². The Morgan fingerprint density at radius 3 is 1.57 bits per heavy atom. The predicted octanol–water partition coefficient (Wildman–Crippen LogP) is 13.3. The Hall–Kier alpha value is -1.86. The average molecular weight is 640 g/mol. The van der Waals surface area contributed by atoms with Crippen molar-refractivity contribution in [3.05, 3.63) is 59.6 Å². The van der Waals surface area contributed by atoms with Gasteiger partial charge in [-0.25, -0.2) is 0 Å². The monoisotopic (exact) mass is 639 g/mol. The van der Waals surface area contributed by atoms with Crippen LogP contribution in [0.4, 0.5) is 25.2 Å². The molecule has 0 spiro atoms. The topological polar surface area (TPSA) is 13.1 Å². The number of fused-ring (bicyclic) bond motifs is 1. The summed E-state index contributed by atoms with van der Waals surface area (Å²) < 4.78 is 68.8. The number of para-hydroxylation sites is 1. The van der Waals surface area contributed by atoms with Crippen LogP contribution >= 0.6 is 19.1 Å². The molecular weight excluding hydrogens is 591 g/mol. The zero-order valence-electron chi connectivity index (χ0n) is 24.9. The van der Waals surface area contributed by atoms with Crippen molar-refractivity contribution in [2.75, 3.05) is 6.61 Å². The fourth-order valence-electron chi connectivity index (χ4n) is 4.82. The van der Waals surface area contributed by atoms with Crippen LogP contribution in [0.25, 0.3) is 10.2 Å². The summed E-state index contributed by atoms with van der Waals surface area (Å²) in [5.41, 5.74) is 4.83. The summed E-state index contributed by atoms with van der Waals surface area (Å²) in [4.78, 5) is 0. The molecule has 240 valence electrons. The summed E-state index contributed by atoms with van der Waals surface area (Å²) in [5, 5.41) is 0. The van der Waals surface area contributed by atoms with E-state index in [9.17, 15) is 25.2 Å². The molecule has 0 saturated carbocycles. The van der Waals surface area contributed by atoms with Crippen LogP contribution in [0.3, 0.4) is 0 Å². The second-order valence-electron chi connectivity index (χ2n) is 11.1. The summed E-state index contributed by atoms with van der Waals surface area (Å²) in [5.74, 6) is 0.995. The third-order valence-electron chi connectivity index (χ3n) is 7.02. The Balaban J connectivity index is 0.000000782. The maximum absolute atomic E-state index is 10.7. The first-order chi connectivity index (χ1) is 19.8. The number of hydrogen-bond acceptors (Lipinski definition) is 2. The summed E-state index contributed by atoms with van der Waals surface area (Å²) in [6.45, 7) is 4.04. The molecule has 0 unspecified atom stereocenters. The van der Waals surface area contributed by atoms with Crippen molar-refractivity contribution in [1.82, 2.24) is 0 Å². The van der Waals surface area contributed by atoms with E-state index in [0.717, 1.165) is 25.3 Å². The standard InChI is InChI=1S/C32H48NOS.F6P/c1-2-3-4-5-6-7-8-9-10-11-12-13-14-15-16-19-26-34-30-24-22-29(23-25-30)27-33-28-35-32-21-18-17-20-31(32)33;1-7(2,3,4,5)6/h17-18,20-25,28H,2-16,19,26-27H2,1H3;/q+1;-1. The van der Waals surface area contributed by atoms with Crippen LogP contribution in [-0.4, -0.2) is 6.61 Å². The third-order valence-corrected chi connectivity index (χ3v) is 7.98. The van der Waals surface area contributed by atoms with Gasteiger partial charge in [0.25, 0.3) is 0 Å². The molecule has 1 aromatic heterocycles. The molecular formula is C32H48F6NOPS. The first-order valence-corrected chi connectivity index (χ1v) is 18.4. The molecule has 0 atom stereocenters. The average Bonchev–Trinajstić information content (AvgIpc) is 3.32. The second-order valence-corrected chi connectivity index (χ2v) is 13.9. The van der Waals surface area contributed by atoms with Crippen molar-refractivity contribution in [2.24, 2.45) is 0 Å². The summed E-state index contributed by atoms with van der Waals surface area (Å²) in [6, 6.07) is 17.2. The molecule has 0 bridgehead atoms. The first kappa shape index (κ1) is 36.3. The van der Waals surface area contributed by atoms with Gasteiger partial charge >= 0.3 is 33.0 Å². The van der Waals surface area contributed by atoms with Gasteiger partial charge in [0.1, 0.15) is 10.4 Å². The third kappa shape index (κ3) is 20.1. The first-order valence-electron chi connectivity index (χ1n) is 15.5. The van der Waals surface area contributed by atoms with Gasteiger partial charge in [-0.3, -0.25) is 0 Å². The Morgan fingerprint density at radius 1 is 0.619 bits per heavy atom. The van der Waals surface area contributed by atoms with Gasteiger partial charge in [-0.15, -0.1) is 0 Å². The molecule has 3 aromatic rings. The molecule has 2 nitrogen and oxygen atoms in total. The van der Waals surface area contributed by atoms with Crippen LogP contribution in [0.15, 0.2) is 54.0 Å². The number of rotatable bonds is 20. The maximum atomic E-state index is 9.87. The molecule has 0 N–H and O–H groups in total. The number of thiazole rings is 1. The van der Waals surface area contributed by atoms with E-state index in [4.69, 9.17) is 4.74 Å². The Kier molecular flexibility index (Phi) is 15.1. The fraction of sp³-hybridized carbons (Fsp3) is 0.594. The van der Waals surface area contributed by atoms with Gasteiger partial charge < -0.3 is 4.74 Å². The Morgan fingerprint density at radius 2 is 1.07 bits per heavy atom. The van der Waals surface area contributed by atoms with Gasteiger partial charge in [0, 0.05) is 11.6 Å². The predicted molar refractivity (Wildman–Crippen MR) is 166 cm³/mol. The van der Waals surface area contributed by atoms with Gasteiger partial charge in [-0.1, -0.05) is 127 Å². The van der Waals surface area contributed by atoms with E-state index in [1.165, 1.54) is 112 Å². The quantitative estimate of drug-likeness (QED) is 0.0519. The van der Waals surface area contributed by atoms with Crippen LogP contribution in [0.1, 0.15) is 115 Å². The van der Waals surface area contributed by atoms with E-state index < -0.39 is 7.81 Å². The van der Waals surface area contributed by atoms with E-state index in [1.807, 2.05) is 0 Å². The SMILES string of the molecule is CCCCCCCCCCCCCCCCCCOc1ccc(C[n+]2csc3ccccc32)cc1.F[P-](F)(F)(F)(F)F. The van der Waals surface area contributed by atoms with E-state index in [2.05, 4.69) is 65.5 Å². The van der Waals surface area contributed by atoms with Crippen LogP contribution in [0, 0.1) is 0 Å². The van der Waals surface area contributed by atoms with Gasteiger partial charge in [0.05, 0.1) is 6.61 Å². The number of ether oxygens (including phenoxy) is 1. The fourth-order valence-corrected chi connectivity index (χ4v) is 5.71. The van der Waals surface area contributed by atoms with Crippen molar-refractivity contribution >= 4 is 29.4 Å². The molecule has 0 aliphatic carbocycles. The number of hydrogen-bond donors (Lipinski definition) is 0. The molecule has 3 rings (SSSR count). The zero-order chi connectivity index (χ0) is 30.8. The minimum absolute atomic E-state index is 0.835. The van der Waals surface area contributed by atoms with Crippen LogP contribution in [0.2, 0.25) is 0 Å². The normalized spacial score (nSPS) is 13.3. The molecule has 0 radical (unpaired) electrons. The Labute approximate surface area is 251 Å². The summed E-state index contributed by atoms with van der Waals surface area (Å²) >= 11 is 1.80. The van der Waals surface area contributed by atoms with Crippen molar-refractivity contribution in [1.29, 1.82) is 0 Å². The molecule has 2 aromatic carbocycles.